The average molecular weight is 436 g/mol. The van der Waals surface area contributed by atoms with Crippen LogP contribution in [0.3, 0.4) is 0 Å². The van der Waals surface area contributed by atoms with Crippen molar-refractivity contribution in [2.24, 2.45) is 0 Å². The number of hydrogen-bond acceptors (Lipinski definition) is 4. The summed E-state index contributed by atoms with van der Waals surface area (Å²) in [5, 5.41) is 9.46. The van der Waals surface area contributed by atoms with Crippen molar-refractivity contribution in [3.8, 4) is 16.2 Å². The number of nitrogens with zero attached hydrogens (tertiary/aromatic N) is 1. The van der Waals surface area contributed by atoms with E-state index in [0.717, 1.165) is 19.8 Å². The van der Waals surface area contributed by atoms with Crippen LogP contribution in [-0.4, -0.2) is 13.5 Å². The van der Waals surface area contributed by atoms with E-state index in [-0.39, 0.29) is 16.7 Å². The van der Waals surface area contributed by atoms with Gasteiger partial charge in [0.1, 0.15) is 5.75 Å². The molecule has 1 atom stereocenters. The number of aromatic hydroxyl groups is 1. The molecule has 1 aliphatic rings. The Morgan fingerprint density at radius 2 is 1.80 bits per heavy atom. The first kappa shape index (κ1) is 16.6. The Kier molecular flexibility index (Phi) is 3.90. The molecule has 4 rings (SSSR count). The van der Waals surface area contributed by atoms with Gasteiger partial charge in [-0.05, 0) is 64.3 Å². The van der Waals surface area contributed by atoms with Gasteiger partial charge in [0.2, 0.25) is 0 Å². The molecule has 0 saturated carbocycles. The molecule has 1 N–H and O–H groups in total. The summed E-state index contributed by atoms with van der Waals surface area (Å²) in [7, 11) is -3.76. The van der Waals surface area contributed by atoms with Crippen molar-refractivity contribution in [3.05, 3.63) is 63.9 Å². The molecule has 4 nitrogen and oxygen atoms in total. The van der Waals surface area contributed by atoms with Crippen molar-refractivity contribution in [1.82, 2.24) is 0 Å². The molecule has 3 aromatic rings. The Labute approximate surface area is 158 Å². The molecule has 0 amide bonds. The van der Waals surface area contributed by atoms with E-state index < -0.39 is 10.0 Å². The van der Waals surface area contributed by atoms with Crippen LogP contribution in [-0.2, 0) is 10.0 Å². The van der Waals surface area contributed by atoms with Gasteiger partial charge in [-0.15, -0.1) is 11.3 Å². The topological polar surface area (TPSA) is 57.6 Å². The molecule has 2 aromatic carbocycles. The lowest BCUT2D eigenvalue weighted by atomic mass is 9.96. The Morgan fingerprint density at radius 1 is 1.12 bits per heavy atom. The van der Waals surface area contributed by atoms with Crippen LogP contribution in [0.5, 0.6) is 5.75 Å². The first-order valence-electron chi connectivity index (χ1n) is 7.61. The van der Waals surface area contributed by atoms with E-state index in [2.05, 4.69) is 15.9 Å². The zero-order valence-electron chi connectivity index (χ0n) is 13.2. The Morgan fingerprint density at radius 3 is 2.52 bits per heavy atom. The molecule has 0 unspecified atom stereocenters. The van der Waals surface area contributed by atoms with Gasteiger partial charge in [0.25, 0.3) is 10.0 Å². The number of halogens is 1. The van der Waals surface area contributed by atoms with Crippen LogP contribution in [0.1, 0.15) is 18.5 Å². The minimum atomic E-state index is -3.76. The third kappa shape index (κ3) is 2.58. The predicted octanol–water partition coefficient (Wildman–Crippen LogP) is 5.15. The quantitative estimate of drug-likeness (QED) is 0.604. The molecule has 1 aromatic heterocycles. The van der Waals surface area contributed by atoms with Crippen LogP contribution in [0, 0.1) is 0 Å². The number of sulfonamides is 1. The molecule has 25 heavy (non-hydrogen) atoms. The highest BCUT2D eigenvalue weighted by atomic mass is 79.9. The lowest BCUT2D eigenvalue weighted by Gasteiger charge is -2.35. The predicted molar refractivity (Wildman–Crippen MR) is 104 cm³/mol. The van der Waals surface area contributed by atoms with Gasteiger partial charge >= 0.3 is 0 Å². The Bertz CT molecular complexity index is 1060. The number of hydrogen-bond donors (Lipinski definition) is 1. The highest BCUT2D eigenvalue weighted by Crippen LogP contribution is 2.51. The van der Waals surface area contributed by atoms with Crippen LogP contribution in [0.25, 0.3) is 10.4 Å². The van der Waals surface area contributed by atoms with Crippen molar-refractivity contribution in [1.29, 1.82) is 0 Å². The van der Waals surface area contributed by atoms with Crippen molar-refractivity contribution in [3.63, 3.8) is 0 Å². The van der Waals surface area contributed by atoms with Crippen LogP contribution < -0.4 is 4.31 Å². The largest absolute Gasteiger partial charge is 0.508 e. The van der Waals surface area contributed by atoms with Crippen LogP contribution >= 0.6 is 27.3 Å². The molecule has 2 heterocycles. The molecule has 0 aliphatic carbocycles. The van der Waals surface area contributed by atoms with E-state index in [1.165, 1.54) is 39.9 Å². The number of anilines is 1. The molecule has 7 heteroatoms. The molecule has 128 valence electrons. The van der Waals surface area contributed by atoms with Gasteiger partial charge in [-0.1, -0.05) is 24.3 Å². The zero-order chi connectivity index (χ0) is 17.8. The molecule has 0 saturated heterocycles. The summed E-state index contributed by atoms with van der Waals surface area (Å²) in [5.41, 5.74) is 2.72. The van der Waals surface area contributed by atoms with Crippen LogP contribution in [0.15, 0.2) is 63.3 Å². The monoisotopic (exact) mass is 435 g/mol. The van der Waals surface area contributed by atoms with Gasteiger partial charge < -0.3 is 5.11 Å². The molecule has 0 radical (unpaired) electrons. The minimum absolute atomic E-state index is 0.0370. The molecule has 0 fully saturated rings. The first-order chi connectivity index (χ1) is 11.9. The lowest BCUT2D eigenvalue weighted by molar-refractivity contribution is 0.474. The van der Waals surface area contributed by atoms with Gasteiger partial charge in [-0.25, -0.2) is 8.42 Å². The molecule has 0 spiro atoms. The Hall–Kier alpha value is -1.83. The average Bonchev–Trinajstić information content (AvgIpc) is 2.96. The number of phenols is 1. The maximum absolute atomic E-state index is 13.3. The van der Waals surface area contributed by atoms with Crippen LogP contribution in [0.2, 0.25) is 0 Å². The minimum Gasteiger partial charge on any atom is -0.508 e. The normalized spacial score (nSPS) is 16.4. The van der Waals surface area contributed by atoms with Crippen molar-refractivity contribution in [2.45, 2.75) is 17.9 Å². The highest BCUT2D eigenvalue weighted by molar-refractivity contribution is 9.11. The van der Waals surface area contributed by atoms with Crippen molar-refractivity contribution < 1.29 is 13.5 Å². The van der Waals surface area contributed by atoms with Gasteiger partial charge in [-0.3, -0.25) is 4.31 Å². The van der Waals surface area contributed by atoms with Gasteiger partial charge in [0.15, 0.2) is 0 Å². The molecule has 1 aliphatic heterocycles. The number of fused-ring (bicyclic) bond motifs is 3. The summed E-state index contributed by atoms with van der Waals surface area (Å²) in [5.74, 6) is 0.0370. The van der Waals surface area contributed by atoms with E-state index >= 15 is 0 Å². The SMILES string of the molecule is C[C@@H]1c2ccccc2-c2sc(Br)cc2N1S(=O)(=O)c1ccc(O)cc1. The molecule has 0 bridgehead atoms. The summed E-state index contributed by atoms with van der Waals surface area (Å²) in [6.45, 7) is 1.89. The summed E-state index contributed by atoms with van der Waals surface area (Å²) < 4.78 is 29.0. The molecular weight excluding hydrogens is 422 g/mol. The van der Waals surface area contributed by atoms with E-state index in [1.54, 1.807) is 0 Å². The second-order valence-electron chi connectivity index (χ2n) is 5.82. The smallest absolute Gasteiger partial charge is 0.264 e. The highest BCUT2D eigenvalue weighted by Gasteiger charge is 2.37. The van der Waals surface area contributed by atoms with E-state index in [4.69, 9.17) is 0 Å². The standard InChI is InChI=1S/C18H14BrNO3S2/c1-11-14-4-2-3-5-15(14)18-16(10-17(19)24-18)20(11)25(22,23)13-8-6-12(21)7-9-13/h2-11,21H,1H3/t11-/m1/s1. The van der Waals surface area contributed by atoms with Gasteiger partial charge in [-0.2, -0.15) is 0 Å². The first-order valence-corrected chi connectivity index (χ1v) is 10.7. The van der Waals surface area contributed by atoms with E-state index in [1.807, 2.05) is 37.3 Å². The second-order valence-corrected chi connectivity index (χ2v) is 10.1. The third-order valence-corrected chi connectivity index (χ3v) is 7.88. The van der Waals surface area contributed by atoms with E-state index in [0.29, 0.717) is 5.69 Å². The van der Waals surface area contributed by atoms with Crippen molar-refractivity contribution in [2.75, 3.05) is 4.31 Å². The summed E-state index contributed by atoms with van der Waals surface area (Å²) in [6.07, 6.45) is 0. The maximum atomic E-state index is 13.3. The summed E-state index contributed by atoms with van der Waals surface area (Å²) in [6, 6.07) is 15.0. The van der Waals surface area contributed by atoms with E-state index in [9.17, 15) is 13.5 Å². The number of rotatable bonds is 2. The fraction of sp³-hybridized carbons (Fsp3) is 0.111. The van der Waals surface area contributed by atoms with Gasteiger partial charge in [0, 0.05) is 0 Å². The Balaban J connectivity index is 1.95. The zero-order valence-corrected chi connectivity index (χ0v) is 16.4. The lowest BCUT2D eigenvalue weighted by Crippen LogP contribution is -2.35. The maximum Gasteiger partial charge on any atom is 0.264 e. The van der Waals surface area contributed by atoms with Gasteiger partial charge in [0.05, 0.1) is 25.3 Å². The number of thiophene rings is 1. The fourth-order valence-electron chi connectivity index (χ4n) is 3.18. The summed E-state index contributed by atoms with van der Waals surface area (Å²) >= 11 is 5.01. The number of benzene rings is 2. The van der Waals surface area contributed by atoms with Crippen molar-refractivity contribution >= 4 is 43.0 Å². The van der Waals surface area contributed by atoms with Crippen LogP contribution in [0.4, 0.5) is 5.69 Å². The third-order valence-electron chi connectivity index (χ3n) is 4.32. The number of phenolic OH excluding ortho intramolecular Hbond substituents is 1. The molecular formula is C18H14BrNO3S2. The summed E-state index contributed by atoms with van der Waals surface area (Å²) in [4.78, 5) is 1.09. The second kappa shape index (κ2) is 5.86. The fourth-order valence-corrected chi connectivity index (χ4v) is 6.50.